The average Bonchev–Trinajstić information content (AvgIpc) is 2.51. The average molecular weight is 310 g/mol. The molecule has 1 atom stereocenters. The van der Waals surface area contributed by atoms with Crippen molar-refractivity contribution >= 4 is 11.9 Å². The Morgan fingerprint density at radius 2 is 2.09 bits per heavy atom. The van der Waals surface area contributed by atoms with Crippen molar-refractivity contribution in [3.8, 4) is 0 Å². The van der Waals surface area contributed by atoms with Crippen LogP contribution in [0.2, 0.25) is 0 Å². The molecule has 1 amide bonds. The summed E-state index contributed by atoms with van der Waals surface area (Å²) in [4.78, 5) is 18.8. The fourth-order valence-corrected chi connectivity index (χ4v) is 2.76. The number of rotatable bonds is 8. The fourth-order valence-electron chi connectivity index (χ4n) is 2.76. The molecule has 1 heterocycles. The first-order chi connectivity index (χ1) is 10.7. The number of carbonyl (C=O) groups excluding carboxylic acids is 1. The Hall–Kier alpha value is -1.26. The number of unbranched alkanes of at least 4 members (excludes halogenated alkanes) is 2. The second-order valence-corrected chi connectivity index (χ2v) is 6.23. The van der Waals surface area contributed by atoms with Crippen LogP contribution in [0.15, 0.2) is 4.99 Å². The van der Waals surface area contributed by atoms with Crippen LogP contribution in [0.25, 0.3) is 0 Å². The van der Waals surface area contributed by atoms with E-state index < -0.39 is 0 Å². The first-order valence-electron chi connectivity index (χ1n) is 8.97. The zero-order valence-corrected chi connectivity index (χ0v) is 14.7. The van der Waals surface area contributed by atoms with E-state index in [0.717, 1.165) is 45.0 Å². The highest BCUT2D eigenvalue weighted by atomic mass is 16.2. The van der Waals surface area contributed by atoms with Crippen molar-refractivity contribution < 1.29 is 4.79 Å². The van der Waals surface area contributed by atoms with Gasteiger partial charge in [0, 0.05) is 39.1 Å². The van der Waals surface area contributed by atoms with Crippen LogP contribution in [0.4, 0.5) is 0 Å². The molecule has 0 bridgehead atoms. The van der Waals surface area contributed by atoms with Gasteiger partial charge in [-0.25, -0.2) is 0 Å². The molecular weight excluding hydrogens is 276 g/mol. The predicted molar refractivity (Wildman–Crippen MR) is 93.1 cm³/mol. The number of guanidine groups is 1. The third-order valence-corrected chi connectivity index (χ3v) is 4.02. The molecule has 22 heavy (non-hydrogen) atoms. The van der Waals surface area contributed by atoms with E-state index in [9.17, 15) is 4.79 Å². The van der Waals surface area contributed by atoms with Crippen molar-refractivity contribution in [3.05, 3.63) is 0 Å². The van der Waals surface area contributed by atoms with Crippen molar-refractivity contribution in [3.63, 3.8) is 0 Å². The van der Waals surface area contributed by atoms with E-state index in [1.165, 1.54) is 19.3 Å². The molecule has 5 heteroatoms. The lowest BCUT2D eigenvalue weighted by molar-refractivity contribution is -0.132. The second kappa shape index (κ2) is 11.3. The van der Waals surface area contributed by atoms with Crippen LogP contribution in [-0.4, -0.2) is 49.5 Å². The summed E-state index contributed by atoms with van der Waals surface area (Å²) in [5.74, 6) is 1.74. The van der Waals surface area contributed by atoms with Gasteiger partial charge >= 0.3 is 0 Å². The lowest BCUT2D eigenvalue weighted by Gasteiger charge is -2.31. The monoisotopic (exact) mass is 310 g/mol. The summed E-state index contributed by atoms with van der Waals surface area (Å²) in [6.07, 6.45) is 6.49. The minimum atomic E-state index is 0.265. The molecule has 0 radical (unpaired) electrons. The summed E-state index contributed by atoms with van der Waals surface area (Å²) < 4.78 is 0. The molecule has 0 aromatic rings. The molecule has 5 nitrogen and oxygen atoms in total. The molecule has 128 valence electrons. The number of amides is 1. The molecule has 1 saturated heterocycles. The van der Waals surface area contributed by atoms with E-state index in [-0.39, 0.29) is 5.91 Å². The lowest BCUT2D eigenvalue weighted by Crippen LogP contribution is -2.42. The van der Waals surface area contributed by atoms with Crippen LogP contribution >= 0.6 is 0 Å². The SMILES string of the molecule is CCCCCN=C(NCC)NCCC(=O)N1CCCC(C)C1. The Bertz CT molecular complexity index is 344. The van der Waals surface area contributed by atoms with Gasteiger partial charge in [0.05, 0.1) is 0 Å². The van der Waals surface area contributed by atoms with E-state index >= 15 is 0 Å². The standard InChI is InChI=1S/C17H34N4O/c1-4-6-7-11-19-17(18-5-2)20-12-10-16(22)21-13-8-9-15(3)14-21/h15H,4-14H2,1-3H3,(H2,18,19,20). The number of aliphatic imine (C=N–C) groups is 1. The minimum Gasteiger partial charge on any atom is -0.357 e. The van der Waals surface area contributed by atoms with Crippen LogP contribution in [0, 0.1) is 5.92 Å². The summed E-state index contributed by atoms with van der Waals surface area (Å²) in [5, 5.41) is 6.50. The van der Waals surface area contributed by atoms with Gasteiger partial charge in [-0.05, 0) is 32.1 Å². The van der Waals surface area contributed by atoms with Crippen LogP contribution in [-0.2, 0) is 4.79 Å². The first-order valence-corrected chi connectivity index (χ1v) is 8.97. The highest BCUT2D eigenvalue weighted by Gasteiger charge is 2.20. The summed E-state index contributed by atoms with van der Waals surface area (Å²) in [5.41, 5.74) is 0. The molecule has 1 rings (SSSR count). The number of hydrogen-bond acceptors (Lipinski definition) is 2. The number of piperidine rings is 1. The van der Waals surface area contributed by atoms with Gasteiger partial charge in [-0.1, -0.05) is 26.7 Å². The third-order valence-electron chi connectivity index (χ3n) is 4.02. The number of carbonyl (C=O) groups is 1. The Kier molecular flexibility index (Phi) is 9.67. The van der Waals surface area contributed by atoms with Crippen LogP contribution in [0.3, 0.4) is 0 Å². The van der Waals surface area contributed by atoms with Gasteiger partial charge < -0.3 is 15.5 Å². The molecule has 0 aliphatic carbocycles. The van der Waals surface area contributed by atoms with Crippen molar-refractivity contribution in [1.29, 1.82) is 0 Å². The number of nitrogens with one attached hydrogen (secondary N) is 2. The second-order valence-electron chi connectivity index (χ2n) is 6.23. The highest BCUT2D eigenvalue weighted by Crippen LogP contribution is 2.15. The summed E-state index contributed by atoms with van der Waals surface area (Å²) in [6.45, 7) is 10.7. The van der Waals surface area contributed by atoms with E-state index in [1.54, 1.807) is 0 Å². The molecule has 1 aliphatic heterocycles. The number of likely N-dealkylation sites (tertiary alicyclic amines) is 1. The molecule has 0 aromatic carbocycles. The fraction of sp³-hybridized carbons (Fsp3) is 0.882. The quantitative estimate of drug-likeness (QED) is 0.411. The highest BCUT2D eigenvalue weighted by molar-refractivity contribution is 5.81. The van der Waals surface area contributed by atoms with E-state index in [1.807, 2.05) is 4.90 Å². The molecule has 1 unspecified atom stereocenters. The van der Waals surface area contributed by atoms with Crippen LogP contribution in [0.5, 0.6) is 0 Å². The maximum atomic E-state index is 12.2. The Morgan fingerprint density at radius 3 is 2.77 bits per heavy atom. The Balaban J connectivity index is 2.27. The molecule has 1 fully saturated rings. The summed E-state index contributed by atoms with van der Waals surface area (Å²) in [7, 11) is 0. The van der Waals surface area contributed by atoms with Gasteiger partial charge in [0.25, 0.3) is 0 Å². The Labute approximate surface area is 135 Å². The van der Waals surface area contributed by atoms with Gasteiger partial charge in [-0.3, -0.25) is 9.79 Å². The molecule has 0 spiro atoms. The maximum Gasteiger partial charge on any atom is 0.224 e. The van der Waals surface area contributed by atoms with E-state index in [2.05, 4.69) is 36.4 Å². The summed E-state index contributed by atoms with van der Waals surface area (Å²) >= 11 is 0. The maximum absolute atomic E-state index is 12.2. The van der Waals surface area contributed by atoms with Gasteiger partial charge in [0.2, 0.25) is 5.91 Å². The summed E-state index contributed by atoms with van der Waals surface area (Å²) in [6, 6.07) is 0. The minimum absolute atomic E-state index is 0.265. The lowest BCUT2D eigenvalue weighted by atomic mass is 10.00. The van der Waals surface area contributed by atoms with Crippen LogP contribution in [0.1, 0.15) is 59.3 Å². The smallest absolute Gasteiger partial charge is 0.224 e. The van der Waals surface area contributed by atoms with E-state index in [0.29, 0.717) is 18.9 Å². The zero-order chi connectivity index (χ0) is 16.2. The molecule has 0 saturated carbocycles. The largest absolute Gasteiger partial charge is 0.357 e. The number of nitrogens with zero attached hydrogens (tertiary/aromatic N) is 2. The molecule has 0 aromatic heterocycles. The van der Waals surface area contributed by atoms with Gasteiger partial charge in [-0.2, -0.15) is 0 Å². The number of hydrogen-bond donors (Lipinski definition) is 2. The topological polar surface area (TPSA) is 56.7 Å². The van der Waals surface area contributed by atoms with Crippen molar-refractivity contribution in [1.82, 2.24) is 15.5 Å². The van der Waals surface area contributed by atoms with Crippen molar-refractivity contribution in [2.75, 3.05) is 32.7 Å². The normalized spacial score (nSPS) is 19.1. The van der Waals surface area contributed by atoms with Crippen molar-refractivity contribution in [2.24, 2.45) is 10.9 Å². The molecular formula is C17H34N4O. The van der Waals surface area contributed by atoms with E-state index in [4.69, 9.17) is 0 Å². The molecule has 2 N–H and O–H groups in total. The zero-order valence-electron chi connectivity index (χ0n) is 14.7. The molecule has 1 aliphatic rings. The van der Waals surface area contributed by atoms with Gasteiger partial charge in [0.15, 0.2) is 5.96 Å². The van der Waals surface area contributed by atoms with Gasteiger partial charge in [0.1, 0.15) is 0 Å². The predicted octanol–water partition coefficient (Wildman–Crippen LogP) is 2.38. The first kappa shape index (κ1) is 18.8. The Morgan fingerprint density at radius 1 is 1.27 bits per heavy atom. The van der Waals surface area contributed by atoms with Crippen LogP contribution < -0.4 is 10.6 Å². The third kappa shape index (κ3) is 7.66. The van der Waals surface area contributed by atoms with Crippen molar-refractivity contribution in [2.45, 2.75) is 59.3 Å². The van der Waals surface area contributed by atoms with Gasteiger partial charge in [-0.15, -0.1) is 0 Å².